The molecule has 0 aliphatic heterocycles. The zero-order valence-electron chi connectivity index (χ0n) is 10.6. The Bertz CT molecular complexity index is 622. The van der Waals surface area contributed by atoms with E-state index in [1.165, 1.54) is 18.5 Å². The van der Waals surface area contributed by atoms with Crippen molar-refractivity contribution in [3.63, 3.8) is 0 Å². The van der Waals surface area contributed by atoms with Crippen molar-refractivity contribution in [2.75, 3.05) is 10.6 Å². The summed E-state index contributed by atoms with van der Waals surface area (Å²) in [5.74, 6) is -0.414. The first-order valence-electron chi connectivity index (χ1n) is 5.67. The molecule has 1 heterocycles. The fourth-order valence-corrected chi connectivity index (χ4v) is 2.09. The Morgan fingerprint density at radius 2 is 1.84 bits per heavy atom. The Kier molecular flexibility index (Phi) is 3.91. The van der Waals surface area contributed by atoms with Crippen LogP contribution in [-0.4, -0.2) is 16.2 Å². The van der Waals surface area contributed by atoms with Gasteiger partial charge in [0.2, 0.25) is 5.91 Å². The molecule has 0 unspecified atom stereocenters. The van der Waals surface area contributed by atoms with Gasteiger partial charge in [-0.25, -0.2) is 0 Å². The lowest BCUT2D eigenvalue weighted by atomic mass is 10.2. The molecule has 0 aliphatic carbocycles. The maximum absolute atomic E-state index is 11.9. The number of anilines is 2. The molecule has 6 heteroatoms. The summed E-state index contributed by atoms with van der Waals surface area (Å²) in [6, 6.07) is 8.69. The van der Waals surface area contributed by atoms with Crippen LogP contribution in [0.15, 0.2) is 30.3 Å². The Labute approximate surface area is 114 Å². The van der Waals surface area contributed by atoms with Crippen molar-refractivity contribution >= 4 is 34.7 Å². The number of hydrogen-bond donors (Lipinski definition) is 2. The minimum absolute atomic E-state index is 0.154. The molecule has 98 valence electrons. The molecule has 2 rings (SSSR count). The van der Waals surface area contributed by atoms with E-state index in [1.807, 2.05) is 6.92 Å². The largest absolute Gasteiger partial charge is 0.326 e. The van der Waals surface area contributed by atoms with Crippen LogP contribution >= 0.6 is 11.5 Å². The fraction of sp³-hybridized carbons (Fsp3) is 0.154. The molecule has 1 aromatic heterocycles. The number of nitrogens with zero attached hydrogens (tertiary/aromatic N) is 1. The highest BCUT2D eigenvalue weighted by molar-refractivity contribution is 7.05. The SMILES string of the molecule is CC(=O)Nc1cccc(NC(=O)c2cc(C)sn2)c1. The predicted molar refractivity (Wildman–Crippen MR) is 75.5 cm³/mol. The summed E-state index contributed by atoms with van der Waals surface area (Å²) in [5.41, 5.74) is 1.65. The lowest BCUT2D eigenvalue weighted by Gasteiger charge is -2.06. The number of nitrogens with one attached hydrogen (secondary N) is 2. The molecule has 0 saturated heterocycles. The molecule has 0 bridgehead atoms. The molecule has 19 heavy (non-hydrogen) atoms. The summed E-state index contributed by atoms with van der Waals surface area (Å²) in [5, 5.41) is 5.40. The van der Waals surface area contributed by atoms with Crippen LogP contribution in [0.5, 0.6) is 0 Å². The summed E-state index contributed by atoms with van der Waals surface area (Å²) in [7, 11) is 0. The van der Waals surface area contributed by atoms with Crippen LogP contribution in [0.25, 0.3) is 0 Å². The van der Waals surface area contributed by atoms with Gasteiger partial charge in [-0.15, -0.1) is 0 Å². The lowest BCUT2D eigenvalue weighted by molar-refractivity contribution is -0.114. The minimum Gasteiger partial charge on any atom is -0.326 e. The van der Waals surface area contributed by atoms with Gasteiger partial charge >= 0.3 is 0 Å². The van der Waals surface area contributed by atoms with Crippen LogP contribution in [0, 0.1) is 6.92 Å². The van der Waals surface area contributed by atoms with Gasteiger partial charge < -0.3 is 10.6 Å². The molecule has 0 fully saturated rings. The number of rotatable bonds is 3. The van der Waals surface area contributed by atoms with E-state index in [0.717, 1.165) is 4.88 Å². The molecule has 2 N–H and O–H groups in total. The number of benzene rings is 1. The van der Waals surface area contributed by atoms with E-state index in [0.29, 0.717) is 17.1 Å². The molecular formula is C13H13N3O2S. The topological polar surface area (TPSA) is 71.1 Å². The Morgan fingerprint density at radius 1 is 1.16 bits per heavy atom. The van der Waals surface area contributed by atoms with E-state index in [1.54, 1.807) is 30.3 Å². The Balaban J connectivity index is 2.10. The molecule has 0 radical (unpaired) electrons. The molecule has 0 saturated carbocycles. The van der Waals surface area contributed by atoms with E-state index < -0.39 is 0 Å². The second kappa shape index (κ2) is 5.62. The molecule has 0 aliphatic rings. The van der Waals surface area contributed by atoms with E-state index in [2.05, 4.69) is 15.0 Å². The van der Waals surface area contributed by atoms with Gasteiger partial charge in [0.25, 0.3) is 5.91 Å². The number of hydrogen-bond acceptors (Lipinski definition) is 4. The van der Waals surface area contributed by atoms with Gasteiger partial charge in [0.05, 0.1) is 0 Å². The van der Waals surface area contributed by atoms with Crippen LogP contribution < -0.4 is 10.6 Å². The highest BCUT2D eigenvalue weighted by Gasteiger charge is 2.09. The number of carbonyl (C=O) groups is 2. The molecule has 0 spiro atoms. The van der Waals surface area contributed by atoms with E-state index in [9.17, 15) is 9.59 Å². The summed E-state index contributed by atoms with van der Waals surface area (Å²) >= 11 is 1.29. The Hall–Kier alpha value is -2.21. The van der Waals surface area contributed by atoms with Gasteiger partial charge in [0.1, 0.15) is 5.69 Å². The van der Waals surface area contributed by atoms with Crippen LogP contribution in [0.3, 0.4) is 0 Å². The number of aromatic nitrogens is 1. The van der Waals surface area contributed by atoms with Crippen LogP contribution in [0.2, 0.25) is 0 Å². The third-order valence-electron chi connectivity index (χ3n) is 2.30. The van der Waals surface area contributed by atoms with Gasteiger partial charge in [0.15, 0.2) is 0 Å². The Morgan fingerprint density at radius 3 is 2.42 bits per heavy atom. The summed E-state index contributed by atoms with van der Waals surface area (Å²) < 4.78 is 4.04. The van der Waals surface area contributed by atoms with Crippen molar-refractivity contribution in [2.45, 2.75) is 13.8 Å². The third kappa shape index (κ3) is 3.62. The zero-order valence-corrected chi connectivity index (χ0v) is 11.4. The minimum atomic E-state index is -0.260. The van der Waals surface area contributed by atoms with Crippen molar-refractivity contribution in [3.8, 4) is 0 Å². The van der Waals surface area contributed by atoms with E-state index >= 15 is 0 Å². The molecule has 5 nitrogen and oxygen atoms in total. The van der Waals surface area contributed by atoms with Crippen molar-refractivity contribution in [2.24, 2.45) is 0 Å². The molecular weight excluding hydrogens is 262 g/mol. The van der Waals surface area contributed by atoms with Gasteiger partial charge in [-0.3, -0.25) is 9.59 Å². The molecule has 2 amide bonds. The maximum atomic E-state index is 11.9. The highest BCUT2D eigenvalue weighted by Crippen LogP contribution is 2.16. The molecule has 0 atom stereocenters. The van der Waals surface area contributed by atoms with Crippen molar-refractivity contribution in [1.29, 1.82) is 0 Å². The van der Waals surface area contributed by atoms with Crippen molar-refractivity contribution < 1.29 is 9.59 Å². The van der Waals surface area contributed by atoms with Crippen LogP contribution in [0.1, 0.15) is 22.3 Å². The average Bonchev–Trinajstić information content (AvgIpc) is 2.75. The van der Waals surface area contributed by atoms with Gasteiger partial charge in [-0.1, -0.05) is 6.07 Å². The number of carbonyl (C=O) groups excluding carboxylic acids is 2. The first-order chi connectivity index (χ1) is 9.04. The average molecular weight is 275 g/mol. The van der Waals surface area contributed by atoms with Crippen LogP contribution in [0.4, 0.5) is 11.4 Å². The zero-order chi connectivity index (χ0) is 13.8. The second-order valence-corrected chi connectivity index (χ2v) is 5.05. The van der Waals surface area contributed by atoms with Crippen molar-refractivity contribution in [1.82, 2.24) is 4.37 Å². The second-order valence-electron chi connectivity index (χ2n) is 4.04. The standard InChI is InChI=1S/C13H13N3O2S/c1-8-6-12(16-19-8)13(18)15-11-5-3-4-10(7-11)14-9(2)17/h3-7H,1-2H3,(H,14,17)(H,15,18). The predicted octanol–water partition coefficient (Wildman–Crippen LogP) is 2.66. The third-order valence-corrected chi connectivity index (χ3v) is 3.00. The van der Waals surface area contributed by atoms with Gasteiger partial charge in [0, 0.05) is 23.2 Å². The van der Waals surface area contributed by atoms with Crippen molar-refractivity contribution in [3.05, 3.63) is 40.9 Å². The normalized spacial score (nSPS) is 10.0. The summed E-state index contributed by atoms with van der Waals surface area (Å²) in [6.45, 7) is 3.33. The number of amides is 2. The van der Waals surface area contributed by atoms with Gasteiger partial charge in [-0.2, -0.15) is 4.37 Å². The summed E-state index contributed by atoms with van der Waals surface area (Å²) in [6.07, 6.45) is 0. The first kappa shape index (κ1) is 13.2. The molecule has 1 aromatic carbocycles. The van der Waals surface area contributed by atoms with E-state index in [4.69, 9.17) is 0 Å². The monoisotopic (exact) mass is 275 g/mol. The number of aryl methyl sites for hydroxylation is 1. The van der Waals surface area contributed by atoms with E-state index in [-0.39, 0.29) is 11.8 Å². The maximum Gasteiger partial charge on any atom is 0.275 e. The lowest BCUT2D eigenvalue weighted by Crippen LogP contribution is -2.12. The smallest absolute Gasteiger partial charge is 0.275 e. The first-order valence-corrected chi connectivity index (χ1v) is 6.44. The summed E-state index contributed by atoms with van der Waals surface area (Å²) in [4.78, 5) is 23.9. The highest BCUT2D eigenvalue weighted by atomic mass is 32.1. The fourth-order valence-electron chi connectivity index (χ4n) is 1.55. The quantitative estimate of drug-likeness (QED) is 0.904. The van der Waals surface area contributed by atoms with Crippen LogP contribution in [-0.2, 0) is 4.79 Å². The van der Waals surface area contributed by atoms with Gasteiger partial charge in [-0.05, 0) is 42.7 Å². The molecule has 2 aromatic rings.